The van der Waals surface area contributed by atoms with Gasteiger partial charge in [-0.1, -0.05) is 163 Å². The summed E-state index contributed by atoms with van der Waals surface area (Å²) in [6.07, 6.45) is 14.0. The van der Waals surface area contributed by atoms with Crippen LogP contribution in [-0.2, 0) is 123 Å². The molecule has 0 aliphatic carbocycles. The van der Waals surface area contributed by atoms with E-state index in [1.54, 1.807) is 165 Å². The molecule has 2 unspecified atom stereocenters. The number of hydrogen-bond donors (Lipinski definition) is 5. The van der Waals surface area contributed by atoms with Crippen LogP contribution in [0.1, 0.15) is 141 Å². The van der Waals surface area contributed by atoms with Gasteiger partial charge in [0.15, 0.2) is 23.1 Å². The first kappa shape index (κ1) is 114. The molecule has 30 heteroatoms. The summed E-state index contributed by atoms with van der Waals surface area (Å²) in [7, 11) is 0. The Kier molecular flexibility index (Phi) is 48.8. The van der Waals surface area contributed by atoms with Crippen molar-refractivity contribution in [1.29, 1.82) is 0 Å². The van der Waals surface area contributed by atoms with Crippen molar-refractivity contribution >= 4 is 46.7 Å². The third kappa shape index (κ3) is 44.0. The Morgan fingerprint density at radius 1 is 0.347 bits per heavy atom. The number of ketones is 4. The van der Waals surface area contributed by atoms with E-state index in [1.165, 1.54) is 73.8 Å². The van der Waals surface area contributed by atoms with E-state index in [4.69, 9.17) is 50.2 Å². The zero-order chi connectivity index (χ0) is 107. The monoisotopic (exact) mass is 2030 g/mol. The number of hydrogen-bond acceptors (Lipinski definition) is 23. The normalized spacial score (nSPS) is 10.9. The van der Waals surface area contributed by atoms with Crippen molar-refractivity contribution in [2.75, 3.05) is 6.61 Å². The summed E-state index contributed by atoms with van der Waals surface area (Å²) in [5.41, 5.74) is 24.0. The van der Waals surface area contributed by atoms with Gasteiger partial charge >= 0.3 is 11.9 Å². The van der Waals surface area contributed by atoms with Crippen LogP contribution in [0.4, 0.5) is 22.0 Å². The van der Waals surface area contributed by atoms with Crippen LogP contribution in [0.25, 0.3) is 0 Å². The van der Waals surface area contributed by atoms with E-state index in [0.29, 0.717) is 118 Å². The van der Waals surface area contributed by atoms with Crippen molar-refractivity contribution in [3.8, 4) is 28.7 Å². The molecule has 0 aliphatic rings. The van der Waals surface area contributed by atoms with Gasteiger partial charge in [0.2, 0.25) is 5.91 Å². The first-order chi connectivity index (χ1) is 72.8. The number of carboxylic acid groups (broad SMARTS) is 1. The number of aliphatic carboxylic acids is 1. The van der Waals surface area contributed by atoms with Gasteiger partial charge in [0.1, 0.15) is 109 Å². The molecular formula is C120H115F5N10O15. The fourth-order valence-corrected chi connectivity index (χ4v) is 14.1. The summed E-state index contributed by atoms with van der Waals surface area (Å²) in [5, 5.41) is 23.2. The number of halogens is 5. The minimum Gasteiger partial charge on any atom is -0.489 e. The summed E-state index contributed by atoms with van der Waals surface area (Å²) in [6, 6.07) is 99.6. The van der Waals surface area contributed by atoms with Crippen LogP contribution in [-0.4, -0.2) is 93.5 Å². The number of aromatic nitrogens is 6. The molecule has 6 aromatic heterocycles. The second kappa shape index (κ2) is 64.2. The molecule has 1 amide bonds. The standard InChI is InChI=1S/C24H23FN2O3.C22H19FN2O3.C22H21FN2O2.C22H20FNO2.C14H14FNO.C9H11NO2.C7H7NO2/c1-17(28)27-24(22-7-2-3-14-26-22)23(29)13-10-18-8-11-21(12-9-18)30-16-19-5-4-6-20(25)15-19;23-18-5-3-4-17(14-18)15-28-19-10-7-16(8-11-19)9-12-21(26)22(25-27)20-6-1-2-13-24-20;23-18-5-3-4-17(14-18)15-27-19-10-7-16(8-11-19)9-12-21(26)22(24)20-6-1-2-13-25-20;23-19-5-3-4-18(14-19)16-26-22-11-8-17(9-12-22)7-10-21(25)15-20-6-1-2-13-24-20;15-13-3-1-2-12(8-13)10-17-14-6-4-11(9-16)5-7-14;1-2-12-9(11)7-8-5-3-4-6-10-8;9-7(10)5-6-3-1-2-4-8-6/h2-9,11-12,14-15,24H,10,13,16H2,1H3,(H,27,28);1-8,10-11,13-14,27H,9,12,15H2;1-8,10-11,13-14,22H,9,12,15,24H2;1-6,8-9,11-14H,7,10,15-16H2;1-8H,9-10,16H2;3-6H,2,7H2,1H3;1-4H,5H2,(H,9,10)/b;25-22+;;;;;. The van der Waals surface area contributed by atoms with E-state index < -0.39 is 18.1 Å². The number of aryl methyl sites for hydroxylation is 4. The van der Waals surface area contributed by atoms with Crippen molar-refractivity contribution in [2.24, 2.45) is 16.6 Å². The van der Waals surface area contributed by atoms with Gasteiger partial charge in [-0.25, -0.2) is 22.0 Å². The zero-order valence-electron chi connectivity index (χ0n) is 82.7. The number of esters is 1. The number of oxime groups is 1. The minimum absolute atomic E-state index is 0.000833. The van der Waals surface area contributed by atoms with Gasteiger partial charge in [0, 0.05) is 88.4 Å². The molecule has 0 saturated heterocycles. The molecule has 0 fully saturated rings. The highest BCUT2D eigenvalue weighted by molar-refractivity contribution is 6.45. The maximum atomic E-state index is 13.2. The smallest absolute Gasteiger partial charge is 0.311 e. The van der Waals surface area contributed by atoms with Crippen molar-refractivity contribution in [2.45, 2.75) is 136 Å². The SMILES string of the molecule is CC(=O)NC(C(=O)CCc1ccc(OCc2cccc(F)c2)cc1)c1ccccn1.CCOC(=O)Cc1ccccn1.NC(C(=O)CCc1ccc(OCc2cccc(F)c2)cc1)c1ccccn1.NCc1ccc(OCc2cccc(F)c2)cc1.O=C(CCc1ccc(OCc2cccc(F)c2)cc1)/C(=N/O)c1ccccn1.O=C(CCc1ccc(OCc2cccc(F)c2)cc1)Cc1ccccn1.O=C(O)Cc1ccccn1. The quantitative estimate of drug-likeness (QED) is 0.00780. The molecule has 0 aliphatic heterocycles. The van der Waals surface area contributed by atoms with Crippen molar-refractivity contribution < 1.29 is 94.2 Å². The summed E-state index contributed by atoms with van der Waals surface area (Å²) < 4.78 is 98.6. The van der Waals surface area contributed by atoms with Crippen LogP contribution in [0, 0.1) is 29.1 Å². The third-order valence-corrected chi connectivity index (χ3v) is 21.8. The Morgan fingerprint density at radius 3 is 0.980 bits per heavy atom. The van der Waals surface area contributed by atoms with E-state index in [0.717, 1.165) is 78.5 Å². The summed E-state index contributed by atoms with van der Waals surface area (Å²) in [5.74, 6) is 0.513. The van der Waals surface area contributed by atoms with Crippen LogP contribution < -0.4 is 40.5 Å². The summed E-state index contributed by atoms with van der Waals surface area (Å²) in [4.78, 5) is 106. The molecule has 0 radical (unpaired) electrons. The average Bonchev–Trinajstić information content (AvgIpc) is 0.854. The second-order valence-electron chi connectivity index (χ2n) is 33.4. The number of Topliss-reactive ketones (excluding diaryl/α,β-unsaturated/α-hetero) is 4. The van der Waals surface area contributed by atoms with E-state index in [-0.39, 0.29) is 109 Å². The molecule has 10 aromatic carbocycles. The van der Waals surface area contributed by atoms with Gasteiger partial charge in [0.05, 0.1) is 47.9 Å². The molecule has 6 heterocycles. The number of carboxylic acids is 1. The lowest BCUT2D eigenvalue weighted by Crippen LogP contribution is -2.33. The van der Waals surface area contributed by atoms with Crippen molar-refractivity contribution in [3.63, 3.8) is 0 Å². The van der Waals surface area contributed by atoms with Crippen molar-refractivity contribution in [1.82, 2.24) is 35.2 Å². The Labute approximate surface area is 867 Å². The number of nitrogens with two attached hydrogens (primary N) is 2. The van der Waals surface area contributed by atoms with Crippen molar-refractivity contribution in [3.05, 3.63) is 508 Å². The number of ether oxygens (including phenoxy) is 6. The van der Waals surface area contributed by atoms with Gasteiger partial charge in [0.25, 0.3) is 0 Å². The number of nitrogens with zero attached hydrogens (tertiary/aromatic N) is 7. The lowest BCUT2D eigenvalue weighted by Gasteiger charge is -2.16. The Morgan fingerprint density at radius 2 is 0.667 bits per heavy atom. The number of benzene rings is 10. The molecule has 2 atom stereocenters. The Hall–Kier alpha value is -17.8. The van der Waals surface area contributed by atoms with E-state index >= 15 is 0 Å². The van der Waals surface area contributed by atoms with Gasteiger partial charge in [-0.2, -0.15) is 0 Å². The van der Waals surface area contributed by atoms with Crippen LogP contribution in [0.5, 0.6) is 28.7 Å². The highest BCUT2D eigenvalue weighted by Gasteiger charge is 2.24. The van der Waals surface area contributed by atoms with Gasteiger partial charge < -0.3 is 55.5 Å². The van der Waals surface area contributed by atoms with Crippen LogP contribution in [0.2, 0.25) is 0 Å². The minimum atomic E-state index is -0.848. The maximum Gasteiger partial charge on any atom is 0.311 e. The first-order valence-corrected chi connectivity index (χ1v) is 48.0. The summed E-state index contributed by atoms with van der Waals surface area (Å²) in [6.45, 7) is 5.64. The highest BCUT2D eigenvalue weighted by Crippen LogP contribution is 2.25. The molecule has 16 aromatic rings. The number of carbonyl (C=O) groups excluding carboxylic acids is 6. The molecule has 25 nitrogen and oxygen atoms in total. The predicted octanol–water partition coefficient (Wildman–Crippen LogP) is 21.7. The largest absolute Gasteiger partial charge is 0.489 e. The lowest BCUT2D eigenvalue weighted by atomic mass is 10.0. The van der Waals surface area contributed by atoms with Gasteiger partial charge in [-0.05, 0) is 282 Å². The molecule has 0 bridgehead atoms. The van der Waals surface area contributed by atoms with E-state index in [1.807, 2.05) is 164 Å². The van der Waals surface area contributed by atoms with Crippen LogP contribution in [0.15, 0.2) is 394 Å². The highest BCUT2D eigenvalue weighted by atomic mass is 19.1. The summed E-state index contributed by atoms with van der Waals surface area (Å²) >= 11 is 0. The molecule has 7 N–H and O–H groups in total. The molecule has 770 valence electrons. The van der Waals surface area contributed by atoms with E-state index in [2.05, 4.69) is 40.4 Å². The number of amides is 1. The zero-order valence-corrected chi connectivity index (χ0v) is 82.7. The number of nitrogens with one attached hydrogen (secondary N) is 1. The van der Waals surface area contributed by atoms with Crippen LogP contribution >= 0.6 is 0 Å². The predicted molar refractivity (Wildman–Crippen MR) is 560 cm³/mol. The number of rotatable bonds is 42. The van der Waals surface area contributed by atoms with Crippen LogP contribution in [0.3, 0.4) is 0 Å². The van der Waals surface area contributed by atoms with E-state index in [9.17, 15) is 55.5 Å². The topological polar surface area (TPSA) is 369 Å². The van der Waals surface area contributed by atoms with Gasteiger partial charge in [-0.15, -0.1) is 0 Å². The second-order valence-corrected chi connectivity index (χ2v) is 33.4. The van der Waals surface area contributed by atoms with Gasteiger partial charge in [-0.3, -0.25) is 63.5 Å². The molecule has 16 rings (SSSR count). The Balaban J connectivity index is 0.000000183. The third-order valence-electron chi connectivity index (χ3n) is 21.8. The fraction of sp³-hybridized carbons (Fsp3) is 0.183. The maximum absolute atomic E-state index is 13.2. The fourth-order valence-electron chi connectivity index (χ4n) is 14.1. The molecule has 0 saturated carbocycles. The Bertz CT molecular complexity index is 6840. The molecule has 150 heavy (non-hydrogen) atoms. The molecular weight excluding hydrogens is 1920 g/mol. The lowest BCUT2D eigenvalue weighted by molar-refractivity contribution is -0.142. The molecule has 0 spiro atoms. The average molecular weight is 2030 g/mol. The first-order valence-electron chi connectivity index (χ1n) is 48.0. The number of carbonyl (C=O) groups is 7. The number of pyridine rings is 6.